The summed E-state index contributed by atoms with van der Waals surface area (Å²) >= 11 is 0. The SMILES string of the molecule is CCCOc1ccccc1C(=O)Oc1ccccc1. The summed E-state index contributed by atoms with van der Waals surface area (Å²) in [6.45, 7) is 2.60. The number of esters is 1. The third-order valence-electron chi connectivity index (χ3n) is 2.52. The van der Waals surface area contributed by atoms with E-state index in [0.717, 1.165) is 6.42 Å². The summed E-state index contributed by atoms with van der Waals surface area (Å²) in [6, 6.07) is 16.1. The molecule has 0 amide bonds. The molecular weight excluding hydrogens is 240 g/mol. The van der Waals surface area contributed by atoms with Crippen molar-refractivity contribution in [3.8, 4) is 11.5 Å². The maximum atomic E-state index is 12.1. The number of hydrogen-bond acceptors (Lipinski definition) is 3. The Morgan fingerprint density at radius 2 is 1.68 bits per heavy atom. The van der Waals surface area contributed by atoms with E-state index in [0.29, 0.717) is 23.7 Å². The summed E-state index contributed by atoms with van der Waals surface area (Å²) in [6.07, 6.45) is 0.891. The van der Waals surface area contributed by atoms with Crippen LogP contribution in [0.1, 0.15) is 23.7 Å². The lowest BCUT2D eigenvalue weighted by atomic mass is 10.2. The first-order valence-corrected chi connectivity index (χ1v) is 6.30. The summed E-state index contributed by atoms with van der Waals surface area (Å²) in [4.78, 5) is 12.1. The van der Waals surface area contributed by atoms with Crippen LogP contribution < -0.4 is 9.47 Å². The molecule has 0 aliphatic carbocycles. The van der Waals surface area contributed by atoms with E-state index in [-0.39, 0.29) is 0 Å². The maximum Gasteiger partial charge on any atom is 0.347 e. The highest BCUT2D eigenvalue weighted by Gasteiger charge is 2.14. The van der Waals surface area contributed by atoms with Gasteiger partial charge in [0, 0.05) is 0 Å². The molecule has 0 N–H and O–H groups in total. The van der Waals surface area contributed by atoms with Crippen LogP contribution in [0, 0.1) is 0 Å². The molecule has 0 atom stereocenters. The Morgan fingerprint density at radius 3 is 2.42 bits per heavy atom. The molecule has 2 rings (SSSR count). The number of carbonyl (C=O) groups is 1. The molecule has 3 heteroatoms. The van der Waals surface area contributed by atoms with Gasteiger partial charge in [0.2, 0.25) is 0 Å². The van der Waals surface area contributed by atoms with Gasteiger partial charge in [-0.1, -0.05) is 37.3 Å². The van der Waals surface area contributed by atoms with Crippen molar-refractivity contribution in [2.75, 3.05) is 6.61 Å². The van der Waals surface area contributed by atoms with Gasteiger partial charge in [0.05, 0.1) is 6.61 Å². The fraction of sp³-hybridized carbons (Fsp3) is 0.188. The zero-order valence-electron chi connectivity index (χ0n) is 10.8. The lowest BCUT2D eigenvalue weighted by Gasteiger charge is -2.10. The van der Waals surface area contributed by atoms with Crippen molar-refractivity contribution in [3.63, 3.8) is 0 Å². The third-order valence-corrected chi connectivity index (χ3v) is 2.52. The van der Waals surface area contributed by atoms with Gasteiger partial charge in [0.1, 0.15) is 17.1 Å². The minimum atomic E-state index is -0.405. The number of carbonyl (C=O) groups excluding carboxylic acids is 1. The van der Waals surface area contributed by atoms with Crippen LogP contribution in [0.15, 0.2) is 54.6 Å². The number of ether oxygens (including phenoxy) is 2. The van der Waals surface area contributed by atoms with E-state index in [1.807, 2.05) is 31.2 Å². The highest BCUT2D eigenvalue weighted by atomic mass is 16.5. The average Bonchev–Trinajstić information content (AvgIpc) is 2.46. The van der Waals surface area contributed by atoms with Crippen LogP contribution in [-0.4, -0.2) is 12.6 Å². The highest BCUT2D eigenvalue weighted by molar-refractivity contribution is 5.93. The van der Waals surface area contributed by atoms with Gasteiger partial charge in [0.25, 0.3) is 0 Å². The first kappa shape index (κ1) is 13.1. The van der Waals surface area contributed by atoms with E-state index in [1.54, 1.807) is 30.3 Å². The van der Waals surface area contributed by atoms with Crippen LogP contribution >= 0.6 is 0 Å². The van der Waals surface area contributed by atoms with Gasteiger partial charge in [-0.25, -0.2) is 4.79 Å². The Hall–Kier alpha value is -2.29. The normalized spacial score (nSPS) is 9.95. The summed E-state index contributed by atoms with van der Waals surface area (Å²) in [7, 11) is 0. The van der Waals surface area contributed by atoms with Crippen molar-refractivity contribution >= 4 is 5.97 Å². The van der Waals surface area contributed by atoms with E-state index >= 15 is 0 Å². The number of rotatable bonds is 5. The lowest BCUT2D eigenvalue weighted by molar-refractivity contribution is 0.0730. The summed E-state index contributed by atoms with van der Waals surface area (Å²) in [5.74, 6) is 0.681. The minimum absolute atomic E-state index is 0.405. The molecule has 98 valence electrons. The monoisotopic (exact) mass is 256 g/mol. The van der Waals surface area contributed by atoms with Gasteiger partial charge in [-0.3, -0.25) is 0 Å². The Labute approximate surface area is 112 Å². The summed E-state index contributed by atoms with van der Waals surface area (Å²) in [5.41, 5.74) is 0.444. The second-order valence-electron chi connectivity index (χ2n) is 4.05. The second kappa shape index (κ2) is 6.59. The number of benzene rings is 2. The standard InChI is InChI=1S/C16H16O3/c1-2-12-18-15-11-7-6-10-14(15)16(17)19-13-8-4-3-5-9-13/h3-11H,2,12H2,1H3. The average molecular weight is 256 g/mol. The van der Waals surface area contributed by atoms with Gasteiger partial charge in [-0.05, 0) is 30.7 Å². The molecule has 19 heavy (non-hydrogen) atoms. The van der Waals surface area contributed by atoms with E-state index in [4.69, 9.17) is 9.47 Å². The molecule has 0 aliphatic heterocycles. The fourth-order valence-electron chi connectivity index (χ4n) is 1.62. The van der Waals surface area contributed by atoms with Crippen molar-refractivity contribution in [1.82, 2.24) is 0 Å². The molecule has 0 spiro atoms. The van der Waals surface area contributed by atoms with Crippen LogP contribution in [0.3, 0.4) is 0 Å². The molecule has 0 aliphatic rings. The molecule has 0 saturated heterocycles. The van der Waals surface area contributed by atoms with Crippen LogP contribution in [0.25, 0.3) is 0 Å². The minimum Gasteiger partial charge on any atom is -0.493 e. The van der Waals surface area contributed by atoms with Gasteiger partial charge in [-0.15, -0.1) is 0 Å². The third kappa shape index (κ3) is 3.58. The van der Waals surface area contributed by atoms with Crippen LogP contribution in [0.2, 0.25) is 0 Å². The van der Waals surface area contributed by atoms with E-state index in [9.17, 15) is 4.79 Å². The smallest absolute Gasteiger partial charge is 0.347 e. The molecule has 0 fully saturated rings. The summed E-state index contributed by atoms with van der Waals surface area (Å²) < 4.78 is 10.8. The molecule has 2 aromatic carbocycles. The van der Waals surface area contributed by atoms with Gasteiger partial charge >= 0.3 is 5.97 Å². The van der Waals surface area contributed by atoms with Crippen LogP contribution in [0.5, 0.6) is 11.5 Å². The molecule has 0 unspecified atom stereocenters. The van der Waals surface area contributed by atoms with Crippen molar-refractivity contribution in [1.29, 1.82) is 0 Å². The van der Waals surface area contributed by atoms with Crippen molar-refractivity contribution in [2.45, 2.75) is 13.3 Å². The molecule has 3 nitrogen and oxygen atoms in total. The highest BCUT2D eigenvalue weighted by Crippen LogP contribution is 2.20. The first-order valence-electron chi connectivity index (χ1n) is 6.30. The molecule has 0 saturated carbocycles. The van der Waals surface area contributed by atoms with Gasteiger partial charge in [-0.2, -0.15) is 0 Å². The lowest BCUT2D eigenvalue weighted by Crippen LogP contribution is -2.11. The largest absolute Gasteiger partial charge is 0.493 e. The Bertz CT molecular complexity index is 535. The molecule has 2 aromatic rings. The predicted molar refractivity (Wildman–Crippen MR) is 73.6 cm³/mol. The number of para-hydroxylation sites is 2. The first-order chi connectivity index (χ1) is 9.31. The Kier molecular flexibility index (Phi) is 4.56. The number of hydrogen-bond donors (Lipinski definition) is 0. The van der Waals surface area contributed by atoms with E-state index in [1.165, 1.54) is 0 Å². The maximum absolute atomic E-state index is 12.1. The van der Waals surface area contributed by atoms with E-state index in [2.05, 4.69) is 0 Å². The molecule has 0 aromatic heterocycles. The Morgan fingerprint density at radius 1 is 1.00 bits per heavy atom. The van der Waals surface area contributed by atoms with Crippen molar-refractivity contribution < 1.29 is 14.3 Å². The van der Waals surface area contributed by atoms with Crippen molar-refractivity contribution in [2.24, 2.45) is 0 Å². The summed E-state index contributed by atoms with van der Waals surface area (Å²) in [5, 5.41) is 0. The zero-order valence-corrected chi connectivity index (χ0v) is 10.8. The van der Waals surface area contributed by atoms with E-state index < -0.39 is 5.97 Å². The molecule has 0 radical (unpaired) electrons. The van der Waals surface area contributed by atoms with Crippen molar-refractivity contribution in [3.05, 3.63) is 60.2 Å². The topological polar surface area (TPSA) is 35.5 Å². The zero-order chi connectivity index (χ0) is 13.5. The van der Waals surface area contributed by atoms with Gasteiger partial charge in [0.15, 0.2) is 0 Å². The van der Waals surface area contributed by atoms with Gasteiger partial charge < -0.3 is 9.47 Å². The quantitative estimate of drug-likeness (QED) is 0.604. The second-order valence-corrected chi connectivity index (χ2v) is 4.05. The fourth-order valence-corrected chi connectivity index (χ4v) is 1.62. The van der Waals surface area contributed by atoms with Crippen LogP contribution in [-0.2, 0) is 0 Å². The molecular formula is C16H16O3. The Balaban J connectivity index is 2.14. The molecule has 0 heterocycles. The van der Waals surface area contributed by atoms with Crippen LogP contribution in [0.4, 0.5) is 0 Å². The predicted octanol–water partition coefficient (Wildman–Crippen LogP) is 3.69. The molecule has 0 bridgehead atoms.